The van der Waals surface area contributed by atoms with Crippen molar-refractivity contribution in [1.82, 2.24) is 15.8 Å². The highest BCUT2D eigenvalue weighted by atomic mass is 16.5. The van der Waals surface area contributed by atoms with Crippen molar-refractivity contribution in [3.8, 4) is 5.75 Å². The third-order valence-corrected chi connectivity index (χ3v) is 3.38. The number of aryl methyl sites for hydroxylation is 2. The smallest absolute Gasteiger partial charge is 0.233 e. The van der Waals surface area contributed by atoms with Gasteiger partial charge in [0, 0.05) is 13.6 Å². The second-order valence-corrected chi connectivity index (χ2v) is 5.01. The number of rotatable bonds is 7. The molecule has 6 heteroatoms. The van der Waals surface area contributed by atoms with E-state index in [4.69, 9.17) is 9.26 Å². The molecule has 0 fully saturated rings. The van der Waals surface area contributed by atoms with E-state index in [2.05, 4.69) is 15.8 Å². The first kappa shape index (κ1) is 16.0. The van der Waals surface area contributed by atoms with Gasteiger partial charge in [-0.3, -0.25) is 4.79 Å². The van der Waals surface area contributed by atoms with Gasteiger partial charge in [-0.05, 0) is 31.5 Å². The molecule has 0 saturated heterocycles. The summed E-state index contributed by atoms with van der Waals surface area (Å²) in [6, 6.07) is 7.77. The normalized spacial score (nSPS) is 10.5. The van der Waals surface area contributed by atoms with Crippen molar-refractivity contribution in [1.29, 1.82) is 0 Å². The van der Waals surface area contributed by atoms with Crippen molar-refractivity contribution >= 4 is 5.91 Å². The van der Waals surface area contributed by atoms with Crippen LogP contribution in [-0.2, 0) is 17.9 Å². The summed E-state index contributed by atoms with van der Waals surface area (Å²) in [6.07, 6.45) is 0. The molecular weight excluding hydrogens is 282 g/mol. The average Bonchev–Trinajstić information content (AvgIpc) is 2.85. The number of carbonyl (C=O) groups excluding carboxylic acids is 1. The highest BCUT2D eigenvalue weighted by molar-refractivity contribution is 5.77. The quantitative estimate of drug-likeness (QED) is 0.814. The summed E-state index contributed by atoms with van der Waals surface area (Å²) < 4.78 is 10.8. The minimum Gasteiger partial charge on any atom is -0.489 e. The molecule has 1 aromatic heterocycles. The number of likely N-dealkylation sites (N-methyl/N-ethyl adjacent to an activating group) is 1. The van der Waals surface area contributed by atoms with E-state index in [-0.39, 0.29) is 5.91 Å². The molecule has 1 heterocycles. The molecule has 2 rings (SSSR count). The molecule has 0 bridgehead atoms. The molecule has 0 spiro atoms. The number of nitrogens with zero attached hydrogens (tertiary/aromatic N) is 1. The van der Waals surface area contributed by atoms with Crippen LogP contribution in [0.1, 0.15) is 22.6 Å². The van der Waals surface area contributed by atoms with Crippen molar-refractivity contribution in [2.45, 2.75) is 27.0 Å². The van der Waals surface area contributed by atoms with Gasteiger partial charge in [-0.1, -0.05) is 17.3 Å². The standard InChI is InChI=1S/C16H21N3O3/c1-11-15(12(2)22-19-11)10-21-14-6-4-13(5-7-14)8-18-9-16(20)17-3/h4-7,18H,8-10H2,1-3H3,(H,17,20). The van der Waals surface area contributed by atoms with Crippen LogP contribution in [0.2, 0.25) is 0 Å². The van der Waals surface area contributed by atoms with E-state index < -0.39 is 0 Å². The SMILES string of the molecule is CNC(=O)CNCc1ccc(OCc2c(C)noc2C)cc1. The minimum absolute atomic E-state index is 0.0283. The number of ether oxygens (including phenoxy) is 1. The van der Waals surface area contributed by atoms with Crippen LogP contribution in [0.4, 0.5) is 0 Å². The van der Waals surface area contributed by atoms with Crippen LogP contribution in [0.5, 0.6) is 5.75 Å². The molecular formula is C16H21N3O3. The Balaban J connectivity index is 1.83. The summed E-state index contributed by atoms with van der Waals surface area (Å²) in [4.78, 5) is 11.1. The van der Waals surface area contributed by atoms with Gasteiger partial charge in [0.1, 0.15) is 18.1 Å². The summed E-state index contributed by atoms with van der Waals surface area (Å²) >= 11 is 0. The van der Waals surface area contributed by atoms with E-state index in [9.17, 15) is 4.79 Å². The van der Waals surface area contributed by atoms with E-state index >= 15 is 0 Å². The molecule has 0 aliphatic carbocycles. The number of aromatic nitrogens is 1. The molecule has 0 atom stereocenters. The summed E-state index contributed by atoms with van der Waals surface area (Å²) in [5.74, 6) is 1.54. The third kappa shape index (κ3) is 4.33. The number of hydrogen-bond donors (Lipinski definition) is 2. The Hall–Kier alpha value is -2.34. The number of nitrogens with one attached hydrogen (secondary N) is 2. The maximum absolute atomic E-state index is 11.1. The first-order chi connectivity index (χ1) is 10.6. The largest absolute Gasteiger partial charge is 0.489 e. The fourth-order valence-corrected chi connectivity index (χ4v) is 1.98. The third-order valence-electron chi connectivity index (χ3n) is 3.38. The van der Waals surface area contributed by atoms with Gasteiger partial charge < -0.3 is 19.9 Å². The van der Waals surface area contributed by atoms with Crippen molar-refractivity contribution < 1.29 is 14.1 Å². The number of benzene rings is 1. The van der Waals surface area contributed by atoms with Gasteiger partial charge in [0.2, 0.25) is 5.91 Å². The Morgan fingerprint density at radius 3 is 2.59 bits per heavy atom. The van der Waals surface area contributed by atoms with Crippen molar-refractivity contribution in [3.05, 3.63) is 46.8 Å². The molecule has 0 unspecified atom stereocenters. The Morgan fingerprint density at radius 2 is 2.00 bits per heavy atom. The number of amides is 1. The van der Waals surface area contributed by atoms with Gasteiger partial charge in [-0.25, -0.2) is 0 Å². The predicted octanol–water partition coefficient (Wildman–Crippen LogP) is 1.71. The van der Waals surface area contributed by atoms with Crippen LogP contribution in [0.25, 0.3) is 0 Å². The molecule has 1 aromatic carbocycles. The van der Waals surface area contributed by atoms with E-state index in [1.165, 1.54) is 0 Å². The van der Waals surface area contributed by atoms with E-state index in [0.29, 0.717) is 19.7 Å². The zero-order valence-corrected chi connectivity index (χ0v) is 13.1. The molecule has 0 saturated carbocycles. The molecule has 6 nitrogen and oxygen atoms in total. The lowest BCUT2D eigenvalue weighted by Gasteiger charge is -2.08. The summed E-state index contributed by atoms with van der Waals surface area (Å²) in [5.41, 5.74) is 2.93. The Labute approximate surface area is 129 Å². The first-order valence-electron chi connectivity index (χ1n) is 7.15. The maximum atomic E-state index is 11.1. The first-order valence-corrected chi connectivity index (χ1v) is 7.15. The van der Waals surface area contributed by atoms with E-state index in [0.717, 1.165) is 28.3 Å². The highest BCUT2D eigenvalue weighted by Gasteiger charge is 2.09. The van der Waals surface area contributed by atoms with Gasteiger partial charge in [0.25, 0.3) is 0 Å². The fraction of sp³-hybridized carbons (Fsp3) is 0.375. The van der Waals surface area contributed by atoms with Crippen molar-refractivity contribution in [2.24, 2.45) is 0 Å². The second kappa shape index (κ2) is 7.61. The minimum atomic E-state index is -0.0283. The van der Waals surface area contributed by atoms with Crippen LogP contribution >= 0.6 is 0 Å². The Bertz CT molecular complexity index is 601. The topological polar surface area (TPSA) is 76.4 Å². The molecule has 2 aromatic rings. The predicted molar refractivity (Wildman–Crippen MR) is 82.5 cm³/mol. The van der Waals surface area contributed by atoms with Gasteiger partial charge in [0.05, 0.1) is 17.8 Å². The van der Waals surface area contributed by atoms with Crippen molar-refractivity contribution in [2.75, 3.05) is 13.6 Å². The Kier molecular flexibility index (Phi) is 5.55. The van der Waals surface area contributed by atoms with Crippen LogP contribution in [0.3, 0.4) is 0 Å². The van der Waals surface area contributed by atoms with Crippen molar-refractivity contribution in [3.63, 3.8) is 0 Å². The summed E-state index contributed by atoms with van der Waals surface area (Å²) in [7, 11) is 1.62. The monoisotopic (exact) mass is 303 g/mol. The lowest BCUT2D eigenvalue weighted by atomic mass is 10.2. The van der Waals surface area contributed by atoms with Crippen LogP contribution in [0, 0.1) is 13.8 Å². The summed E-state index contributed by atoms with van der Waals surface area (Å²) in [6.45, 7) is 5.16. The fourth-order valence-electron chi connectivity index (χ4n) is 1.98. The second-order valence-electron chi connectivity index (χ2n) is 5.01. The van der Waals surface area contributed by atoms with E-state index in [1.54, 1.807) is 7.05 Å². The average molecular weight is 303 g/mol. The molecule has 1 amide bonds. The van der Waals surface area contributed by atoms with Crippen LogP contribution in [-0.4, -0.2) is 24.7 Å². The van der Waals surface area contributed by atoms with Gasteiger partial charge in [-0.2, -0.15) is 0 Å². The van der Waals surface area contributed by atoms with Crippen LogP contribution in [0.15, 0.2) is 28.8 Å². The molecule has 0 radical (unpaired) electrons. The Morgan fingerprint density at radius 1 is 1.27 bits per heavy atom. The lowest BCUT2D eigenvalue weighted by molar-refractivity contribution is -0.119. The zero-order valence-electron chi connectivity index (χ0n) is 13.1. The van der Waals surface area contributed by atoms with Gasteiger partial charge >= 0.3 is 0 Å². The lowest BCUT2D eigenvalue weighted by Crippen LogP contribution is -2.30. The molecule has 0 aliphatic heterocycles. The molecule has 118 valence electrons. The number of carbonyl (C=O) groups is 1. The van der Waals surface area contributed by atoms with E-state index in [1.807, 2.05) is 38.1 Å². The van der Waals surface area contributed by atoms with Gasteiger partial charge in [-0.15, -0.1) is 0 Å². The highest BCUT2D eigenvalue weighted by Crippen LogP contribution is 2.17. The van der Waals surface area contributed by atoms with Gasteiger partial charge in [0.15, 0.2) is 0 Å². The zero-order chi connectivity index (χ0) is 15.9. The molecule has 0 aliphatic rings. The molecule has 2 N–H and O–H groups in total. The van der Waals surface area contributed by atoms with Crippen LogP contribution < -0.4 is 15.4 Å². The summed E-state index contributed by atoms with van der Waals surface area (Å²) in [5, 5.41) is 9.53. The maximum Gasteiger partial charge on any atom is 0.233 e. The number of hydrogen-bond acceptors (Lipinski definition) is 5. The molecule has 22 heavy (non-hydrogen) atoms.